The summed E-state index contributed by atoms with van der Waals surface area (Å²) in [6, 6.07) is 13.7. The maximum atomic E-state index is 13.1. The van der Waals surface area contributed by atoms with E-state index in [1.165, 1.54) is 12.1 Å². The summed E-state index contributed by atoms with van der Waals surface area (Å²) < 4.78 is 13.1. The van der Waals surface area contributed by atoms with Gasteiger partial charge in [-0.15, -0.1) is 0 Å². The van der Waals surface area contributed by atoms with Crippen molar-refractivity contribution in [2.75, 3.05) is 6.54 Å². The molecular weight excluding hydrogens is 319 g/mol. The molecule has 0 aliphatic heterocycles. The smallest absolute Gasteiger partial charge is 0.315 e. The van der Waals surface area contributed by atoms with Crippen LogP contribution in [0.25, 0.3) is 0 Å². The molecule has 2 aromatic rings. The van der Waals surface area contributed by atoms with E-state index in [2.05, 4.69) is 10.6 Å². The Morgan fingerprint density at radius 3 is 2.32 bits per heavy atom. The third kappa shape index (κ3) is 5.03. The zero-order valence-corrected chi connectivity index (χ0v) is 14.0. The summed E-state index contributed by atoms with van der Waals surface area (Å²) >= 11 is 0. The standard InChI is InChI=1S/C20H23FN2O2/c21-18-9-7-17(8-10-18)19(16-5-6-16)23-20(25)22-12-11-14-1-3-15(13-24)4-2-14/h1-4,7-10,16,19,24H,5-6,11-13H2,(H2,22,23,25). The van der Waals surface area contributed by atoms with Crippen LogP contribution in [-0.4, -0.2) is 17.7 Å². The Labute approximate surface area is 147 Å². The van der Waals surface area contributed by atoms with Crippen LogP contribution in [0.2, 0.25) is 0 Å². The molecule has 0 heterocycles. The zero-order chi connectivity index (χ0) is 17.6. The molecule has 0 bridgehead atoms. The van der Waals surface area contributed by atoms with Gasteiger partial charge in [0, 0.05) is 6.54 Å². The number of hydrogen-bond donors (Lipinski definition) is 3. The van der Waals surface area contributed by atoms with Gasteiger partial charge in [-0.2, -0.15) is 0 Å². The Hall–Kier alpha value is -2.40. The van der Waals surface area contributed by atoms with Gasteiger partial charge >= 0.3 is 6.03 Å². The van der Waals surface area contributed by atoms with E-state index in [1.54, 1.807) is 12.1 Å². The van der Waals surface area contributed by atoms with Crippen molar-refractivity contribution in [2.45, 2.75) is 31.9 Å². The summed E-state index contributed by atoms with van der Waals surface area (Å²) in [6.45, 7) is 0.567. The highest BCUT2D eigenvalue weighted by Crippen LogP contribution is 2.40. The molecule has 2 amide bonds. The summed E-state index contributed by atoms with van der Waals surface area (Å²) in [5.41, 5.74) is 2.93. The normalized spacial score (nSPS) is 14.8. The molecule has 3 N–H and O–H groups in total. The molecule has 1 unspecified atom stereocenters. The third-order valence-corrected chi connectivity index (χ3v) is 4.51. The van der Waals surface area contributed by atoms with Crippen LogP contribution in [0.15, 0.2) is 48.5 Å². The van der Waals surface area contributed by atoms with Gasteiger partial charge in [0.1, 0.15) is 5.82 Å². The quantitative estimate of drug-likeness (QED) is 0.723. The molecule has 25 heavy (non-hydrogen) atoms. The van der Waals surface area contributed by atoms with Gasteiger partial charge in [-0.05, 0) is 54.0 Å². The minimum atomic E-state index is -0.269. The highest BCUT2D eigenvalue weighted by atomic mass is 19.1. The van der Waals surface area contributed by atoms with Gasteiger partial charge in [0.2, 0.25) is 0 Å². The van der Waals surface area contributed by atoms with Crippen LogP contribution in [0.1, 0.15) is 35.6 Å². The number of urea groups is 1. The highest BCUT2D eigenvalue weighted by molar-refractivity contribution is 5.74. The number of rotatable bonds is 7. The minimum Gasteiger partial charge on any atom is -0.392 e. The first kappa shape index (κ1) is 17.4. The number of carbonyl (C=O) groups excluding carboxylic acids is 1. The van der Waals surface area contributed by atoms with E-state index in [9.17, 15) is 9.18 Å². The third-order valence-electron chi connectivity index (χ3n) is 4.51. The second-order valence-corrected chi connectivity index (χ2v) is 6.49. The monoisotopic (exact) mass is 342 g/mol. The largest absolute Gasteiger partial charge is 0.392 e. The van der Waals surface area contributed by atoms with E-state index < -0.39 is 0 Å². The number of benzene rings is 2. The van der Waals surface area contributed by atoms with Crippen molar-refractivity contribution >= 4 is 6.03 Å². The second kappa shape index (κ2) is 8.12. The van der Waals surface area contributed by atoms with Crippen LogP contribution in [0.5, 0.6) is 0 Å². The number of aliphatic hydroxyl groups excluding tert-OH is 1. The first-order valence-electron chi connectivity index (χ1n) is 8.64. The molecule has 5 heteroatoms. The Morgan fingerprint density at radius 1 is 1.08 bits per heavy atom. The van der Waals surface area contributed by atoms with Crippen molar-refractivity contribution in [1.82, 2.24) is 10.6 Å². The predicted octanol–water partition coefficient (Wildman–Crippen LogP) is 3.31. The number of nitrogens with one attached hydrogen (secondary N) is 2. The molecule has 0 spiro atoms. The molecule has 4 nitrogen and oxygen atoms in total. The average Bonchev–Trinajstić information content (AvgIpc) is 3.46. The molecule has 3 rings (SSSR count). The molecule has 0 radical (unpaired) electrons. The molecule has 0 saturated heterocycles. The fourth-order valence-electron chi connectivity index (χ4n) is 2.90. The zero-order valence-electron chi connectivity index (χ0n) is 14.0. The fraction of sp³-hybridized carbons (Fsp3) is 0.350. The lowest BCUT2D eigenvalue weighted by Crippen LogP contribution is -2.39. The van der Waals surface area contributed by atoms with Gasteiger partial charge in [-0.25, -0.2) is 9.18 Å². The maximum Gasteiger partial charge on any atom is 0.315 e. The lowest BCUT2D eigenvalue weighted by Gasteiger charge is -2.19. The van der Waals surface area contributed by atoms with E-state index >= 15 is 0 Å². The van der Waals surface area contributed by atoms with Crippen LogP contribution < -0.4 is 10.6 Å². The summed E-state index contributed by atoms with van der Waals surface area (Å²) in [6.07, 6.45) is 2.89. The average molecular weight is 342 g/mol. The Kier molecular flexibility index (Phi) is 5.66. The SMILES string of the molecule is O=C(NCCc1ccc(CO)cc1)NC(c1ccc(F)cc1)C1CC1. The van der Waals surface area contributed by atoms with Crippen LogP contribution in [-0.2, 0) is 13.0 Å². The Balaban J connectivity index is 1.49. The maximum absolute atomic E-state index is 13.1. The van der Waals surface area contributed by atoms with Crippen molar-refractivity contribution < 1.29 is 14.3 Å². The van der Waals surface area contributed by atoms with Crippen molar-refractivity contribution in [3.05, 3.63) is 71.0 Å². The van der Waals surface area contributed by atoms with Gasteiger partial charge in [0.15, 0.2) is 0 Å². The molecule has 132 valence electrons. The summed E-state index contributed by atoms with van der Waals surface area (Å²) in [4.78, 5) is 12.2. The lowest BCUT2D eigenvalue weighted by atomic mass is 10.0. The van der Waals surface area contributed by atoms with E-state index in [0.717, 1.165) is 36.0 Å². The van der Waals surface area contributed by atoms with Crippen molar-refractivity contribution in [2.24, 2.45) is 5.92 Å². The molecule has 2 aromatic carbocycles. The predicted molar refractivity (Wildman–Crippen MR) is 94.5 cm³/mol. The first-order chi connectivity index (χ1) is 12.2. The summed E-state index contributed by atoms with van der Waals surface area (Å²) in [5, 5.41) is 14.9. The lowest BCUT2D eigenvalue weighted by molar-refractivity contribution is 0.235. The second-order valence-electron chi connectivity index (χ2n) is 6.49. The number of halogens is 1. The minimum absolute atomic E-state index is 0.0346. The highest BCUT2D eigenvalue weighted by Gasteiger charge is 2.33. The van der Waals surface area contributed by atoms with E-state index in [-0.39, 0.29) is 24.5 Å². The first-order valence-corrected chi connectivity index (χ1v) is 8.64. The number of carbonyl (C=O) groups is 1. The molecule has 1 aliphatic carbocycles. The number of hydrogen-bond acceptors (Lipinski definition) is 2. The van der Waals surface area contributed by atoms with Crippen molar-refractivity contribution in [3.8, 4) is 0 Å². The van der Waals surface area contributed by atoms with Crippen molar-refractivity contribution in [3.63, 3.8) is 0 Å². The van der Waals surface area contributed by atoms with Gasteiger partial charge in [-0.1, -0.05) is 36.4 Å². The van der Waals surface area contributed by atoms with Crippen LogP contribution in [0, 0.1) is 11.7 Å². The van der Waals surface area contributed by atoms with E-state index in [0.29, 0.717) is 12.5 Å². The fourth-order valence-corrected chi connectivity index (χ4v) is 2.90. The number of aliphatic hydroxyl groups is 1. The molecule has 0 aromatic heterocycles. The van der Waals surface area contributed by atoms with Crippen LogP contribution in [0.3, 0.4) is 0 Å². The molecule has 1 atom stereocenters. The number of amides is 2. The van der Waals surface area contributed by atoms with Gasteiger partial charge in [0.05, 0.1) is 12.6 Å². The molecule has 1 aliphatic rings. The Morgan fingerprint density at radius 2 is 1.72 bits per heavy atom. The van der Waals surface area contributed by atoms with Gasteiger partial charge < -0.3 is 15.7 Å². The van der Waals surface area contributed by atoms with Crippen LogP contribution >= 0.6 is 0 Å². The molecule has 1 saturated carbocycles. The Bertz CT molecular complexity index is 697. The van der Waals surface area contributed by atoms with Crippen molar-refractivity contribution in [1.29, 1.82) is 0 Å². The molecule has 1 fully saturated rings. The topological polar surface area (TPSA) is 61.4 Å². The van der Waals surface area contributed by atoms with E-state index in [4.69, 9.17) is 5.11 Å². The van der Waals surface area contributed by atoms with Gasteiger partial charge in [0.25, 0.3) is 0 Å². The summed E-state index contributed by atoms with van der Waals surface area (Å²) in [5.74, 6) is 0.164. The van der Waals surface area contributed by atoms with E-state index in [1.807, 2.05) is 24.3 Å². The summed E-state index contributed by atoms with van der Waals surface area (Å²) in [7, 11) is 0. The molecular formula is C20H23FN2O2. The van der Waals surface area contributed by atoms with Crippen LogP contribution in [0.4, 0.5) is 9.18 Å². The van der Waals surface area contributed by atoms with Gasteiger partial charge in [-0.3, -0.25) is 0 Å².